The van der Waals surface area contributed by atoms with Gasteiger partial charge in [0.25, 0.3) is 0 Å². The third-order valence-electron chi connectivity index (χ3n) is 5.11. The van der Waals surface area contributed by atoms with E-state index in [1.165, 1.54) is 36.4 Å². The lowest BCUT2D eigenvalue weighted by atomic mass is 10.0. The van der Waals surface area contributed by atoms with E-state index >= 15 is 0 Å². The van der Waals surface area contributed by atoms with Crippen molar-refractivity contribution in [2.45, 2.75) is 25.7 Å². The topological polar surface area (TPSA) is 56.8 Å². The molecule has 1 N–H and O–H groups in total. The molecule has 0 aliphatic carbocycles. The third-order valence-corrected chi connectivity index (χ3v) is 5.42. The minimum atomic E-state index is -0.784. The summed E-state index contributed by atoms with van der Waals surface area (Å²) in [6.07, 6.45) is -0.292. The number of hydrogen-bond acceptors (Lipinski definition) is 5. The van der Waals surface area contributed by atoms with Gasteiger partial charge in [0.05, 0.1) is 22.9 Å². The summed E-state index contributed by atoms with van der Waals surface area (Å²) in [5, 5.41) is 2.79. The molecule has 9 heteroatoms. The van der Waals surface area contributed by atoms with Crippen molar-refractivity contribution in [3.63, 3.8) is 0 Å². The number of carbonyl (C=O) groups excluding carboxylic acids is 1. The Morgan fingerprint density at radius 1 is 1.06 bits per heavy atom. The number of carbonyl (C=O) groups is 1. The van der Waals surface area contributed by atoms with E-state index in [4.69, 9.17) is 25.8 Å². The molecule has 3 aromatic carbocycles. The van der Waals surface area contributed by atoms with Crippen LogP contribution in [0, 0.1) is 17.5 Å². The summed E-state index contributed by atoms with van der Waals surface area (Å²) < 4.78 is 58.3. The number of ether oxygens (including phenoxy) is 3. The molecule has 5 nitrogen and oxygen atoms in total. The monoisotopic (exact) mass is 491 g/mol. The van der Waals surface area contributed by atoms with Crippen LogP contribution in [0.25, 0.3) is 0 Å². The number of hydrogen-bond donors (Lipinski definition) is 1. The van der Waals surface area contributed by atoms with Crippen LogP contribution in [0.5, 0.6) is 5.75 Å². The third kappa shape index (κ3) is 5.52. The fourth-order valence-electron chi connectivity index (χ4n) is 3.47. The molecule has 34 heavy (non-hydrogen) atoms. The summed E-state index contributed by atoms with van der Waals surface area (Å²) >= 11 is 6.27. The van der Waals surface area contributed by atoms with Gasteiger partial charge in [0, 0.05) is 17.3 Å². The maximum atomic E-state index is 14.5. The number of halogens is 4. The van der Waals surface area contributed by atoms with Crippen LogP contribution in [0.15, 0.2) is 54.6 Å². The van der Waals surface area contributed by atoms with Gasteiger partial charge < -0.3 is 19.5 Å². The zero-order valence-corrected chi connectivity index (χ0v) is 19.1. The molecule has 178 valence electrons. The van der Waals surface area contributed by atoms with Gasteiger partial charge >= 0.3 is 0 Å². The zero-order chi connectivity index (χ0) is 24.5. The number of ketones is 1. The molecule has 1 unspecified atom stereocenters. The van der Waals surface area contributed by atoms with E-state index in [9.17, 15) is 18.0 Å². The highest BCUT2D eigenvalue weighted by atomic mass is 35.5. The molecule has 1 aliphatic heterocycles. The van der Waals surface area contributed by atoms with Gasteiger partial charge in [-0.3, -0.25) is 4.79 Å². The summed E-state index contributed by atoms with van der Waals surface area (Å²) in [5.41, 5.74) is 0.240. The van der Waals surface area contributed by atoms with Gasteiger partial charge in [-0.25, -0.2) is 13.2 Å². The first-order chi connectivity index (χ1) is 16.1. The van der Waals surface area contributed by atoms with E-state index in [1.807, 2.05) is 0 Å². The molecule has 0 aromatic heterocycles. The molecule has 0 spiro atoms. The predicted molar refractivity (Wildman–Crippen MR) is 121 cm³/mol. The molecule has 3 aromatic rings. The molecule has 1 fully saturated rings. The molecule has 0 radical (unpaired) electrons. The number of anilines is 2. The molecule has 0 bridgehead atoms. The van der Waals surface area contributed by atoms with E-state index in [0.717, 1.165) is 18.2 Å². The number of rotatable bonds is 7. The average Bonchev–Trinajstić information content (AvgIpc) is 3.13. The second-order valence-electron chi connectivity index (χ2n) is 8.18. The van der Waals surface area contributed by atoms with Crippen LogP contribution in [0.2, 0.25) is 5.02 Å². The molecular formula is C25H21ClF3NO4. The van der Waals surface area contributed by atoms with Crippen LogP contribution in [-0.2, 0) is 9.47 Å². The highest BCUT2D eigenvalue weighted by molar-refractivity contribution is 6.35. The van der Waals surface area contributed by atoms with Crippen molar-refractivity contribution in [2.24, 2.45) is 0 Å². The Balaban J connectivity index is 1.49. The highest BCUT2D eigenvalue weighted by Gasteiger charge is 2.33. The minimum Gasteiger partial charge on any atom is -0.491 e. The van der Waals surface area contributed by atoms with Gasteiger partial charge in [0.2, 0.25) is 0 Å². The van der Waals surface area contributed by atoms with Crippen LogP contribution in [0.1, 0.15) is 29.8 Å². The van der Waals surface area contributed by atoms with Gasteiger partial charge in [-0.2, -0.15) is 0 Å². The maximum Gasteiger partial charge on any atom is 0.197 e. The van der Waals surface area contributed by atoms with Crippen LogP contribution in [0.4, 0.5) is 24.5 Å². The number of nitrogens with one attached hydrogen (secondary N) is 1. The first kappa shape index (κ1) is 24.1. The Bertz CT molecular complexity index is 1230. The second kappa shape index (κ2) is 9.66. The molecule has 4 rings (SSSR count). The Hall–Kier alpha value is -3.07. The quantitative estimate of drug-likeness (QED) is 0.395. The van der Waals surface area contributed by atoms with E-state index < -0.39 is 29.0 Å². The first-order valence-electron chi connectivity index (χ1n) is 10.4. The molecule has 1 saturated heterocycles. The molecule has 1 aliphatic rings. The van der Waals surface area contributed by atoms with Crippen molar-refractivity contribution in [3.05, 3.63) is 88.2 Å². The summed E-state index contributed by atoms with van der Waals surface area (Å²) in [6.45, 7) is 4.12. The van der Waals surface area contributed by atoms with E-state index in [1.54, 1.807) is 13.8 Å². The normalized spacial score (nSPS) is 16.9. The fraction of sp³-hybridized carbons (Fsp3) is 0.240. The van der Waals surface area contributed by atoms with Crippen molar-refractivity contribution < 1.29 is 32.2 Å². The largest absolute Gasteiger partial charge is 0.491 e. The molecule has 1 atom stereocenters. The summed E-state index contributed by atoms with van der Waals surface area (Å²) in [4.78, 5) is 13.0. The zero-order valence-electron chi connectivity index (χ0n) is 18.3. The fourth-order valence-corrected chi connectivity index (χ4v) is 3.74. The Morgan fingerprint density at radius 2 is 1.85 bits per heavy atom. The van der Waals surface area contributed by atoms with Crippen LogP contribution in [-0.4, -0.2) is 30.9 Å². The minimum absolute atomic E-state index is 0.0296. The van der Waals surface area contributed by atoms with Gasteiger partial charge in [-0.1, -0.05) is 11.6 Å². The predicted octanol–water partition coefficient (Wildman–Crippen LogP) is 6.26. The van der Waals surface area contributed by atoms with E-state index in [-0.39, 0.29) is 34.5 Å². The smallest absolute Gasteiger partial charge is 0.197 e. The van der Waals surface area contributed by atoms with Crippen molar-refractivity contribution in [2.75, 3.05) is 18.5 Å². The Morgan fingerprint density at radius 3 is 2.53 bits per heavy atom. The van der Waals surface area contributed by atoms with E-state index in [2.05, 4.69) is 5.32 Å². The van der Waals surface area contributed by atoms with Crippen molar-refractivity contribution >= 4 is 28.8 Å². The summed E-state index contributed by atoms with van der Waals surface area (Å²) in [5.74, 6) is -3.27. The van der Waals surface area contributed by atoms with Crippen molar-refractivity contribution in [3.8, 4) is 5.75 Å². The average molecular weight is 492 g/mol. The van der Waals surface area contributed by atoms with Crippen LogP contribution < -0.4 is 10.1 Å². The molecule has 1 heterocycles. The lowest BCUT2D eigenvalue weighted by molar-refractivity contribution is -0.141. The van der Waals surface area contributed by atoms with Gasteiger partial charge in [0.1, 0.15) is 35.9 Å². The number of benzene rings is 3. The van der Waals surface area contributed by atoms with Crippen LogP contribution >= 0.6 is 11.6 Å². The standard InChI is InChI=1S/C25H21ClF3NO4/c1-25(2)33-13-17(34-25)12-32-16-5-7-21(28)19(11-16)24(31)18-6-4-15(10-20(18)26)30-23-8-3-14(27)9-22(23)29/h3-11,17,30H,12-13H2,1-2H3. The highest BCUT2D eigenvalue weighted by Crippen LogP contribution is 2.29. The Labute approximate surface area is 199 Å². The van der Waals surface area contributed by atoms with Gasteiger partial charge in [-0.05, 0) is 62.4 Å². The second-order valence-corrected chi connectivity index (χ2v) is 8.58. The van der Waals surface area contributed by atoms with Crippen LogP contribution in [0.3, 0.4) is 0 Å². The van der Waals surface area contributed by atoms with Gasteiger partial charge in [-0.15, -0.1) is 0 Å². The first-order valence-corrected chi connectivity index (χ1v) is 10.8. The van der Waals surface area contributed by atoms with Crippen molar-refractivity contribution in [1.82, 2.24) is 0 Å². The SMILES string of the molecule is CC1(C)OCC(COc2ccc(F)c(C(=O)c3ccc(Nc4ccc(F)cc4F)cc3Cl)c2)O1. The van der Waals surface area contributed by atoms with Gasteiger partial charge in [0.15, 0.2) is 11.6 Å². The van der Waals surface area contributed by atoms with E-state index in [0.29, 0.717) is 18.0 Å². The van der Waals surface area contributed by atoms with Crippen molar-refractivity contribution in [1.29, 1.82) is 0 Å². The molecule has 0 amide bonds. The lowest BCUT2D eigenvalue weighted by Crippen LogP contribution is -2.25. The Kier molecular flexibility index (Phi) is 6.84. The maximum absolute atomic E-state index is 14.5. The summed E-state index contributed by atoms with van der Waals surface area (Å²) in [6, 6.07) is 11.2. The lowest BCUT2D eigenvalue weighted by Gasteiger charge is -2.17. The molecular weight excluding hydrogens is 471 g/mol. The summed E-state index contributed by atoms with van der Waals surface area (Å²) in [7, 11) is 0. The molecule has 0 saturated carbocycles.